The molecule has 2 aromatic rings. The van der Waals surface area contributed by atoms with Crippen LogP contribution in [-0.4, -0.2) is 16.5 Å². The Morgan fingerprint density at radius 3 is 2.81 bits per heavy atom. The lowest BCUT2D eigenvalue weighted by Gasteiger charge is -2.13. The third-order valence-electron chi connectivity index (χ3n) is 4.03. The summed E-state index contributed by atoms with van der Waals surface area (Å²) < 4.78 is 38.5. The zero-order valence-electron chi connectivity index (χ0n) is 14.4. The second-order valence-electron chi connectivity index (χ2n) is 6.06. The first-order valence-electron chi connectivity index (χ1n) is 8.47. The number of allylic oxidation sites excluding steroid dienone is 3. The molecule has 0 unspecified atom stereocenters. The van der Waals surface area contributed by atoms with Crippen molar-refractivity contribution in [2.45, 2.75) is 25.4 Å². The van der Waals surface area contributed by atoms with Gasteiger partial charge in [-0.05, 0) is 37.5 Å². The molecule has 1 aromatic carbocycles. The molecule has 0 bridgehead atoms. The summed E-state index contributed by atoms with van der Waals surface area (Å²) in [5, 5.41) is 6.16. The van der Waals surface area contributed by atoms with Crippen LogP contribution >= 0.6 is 11.6 Å². The predicted octanol–water partition coefficient (Wildman–Crippen LogP) is 5.97. The summed E-state index contributed by atoms with van der Waals surface area (Å²) in [4.78, 5) is 8.37. The number of rotatable bonds is 6. The monoisotopic (exact) mass is 394 g/mol. The van der Waals surface area contributed by atoms with Crippen LogP contribution in [0, 0.1) is 0 Å². The van der Waals surface area contributed by atoms with Gasteiger partial charge in [0.25, 0.3) is 0 Å². The smallest absolute Gasteiger partial charge is 0.354 e. The maximum absolute atomic E-state index is 12.8. The second kappa shape index (κ2) is 8.43. The van der Waals surface area contributed by atoms with E-state index in [1.165, 1.54) is 23.9 Å². The molecule has 0 atom stereocenters. The minimum Gasteiger partial charge on any atom is -0.354 e. The van der Waals surface area contributed by atoms with Gasteiger partial charge in [0.1, 0.15) is 5.02 Å². The van der Waals surface area contributed by atoms with Crippen molar-refractivity contribution in [3.8, 4) is 0 Å². The molecule has 0 saturated heterocycles. The van der Waals surface area contributed by atoms with Gasteiger partial charge in [-0.25, -0.2) is 4.98 Å². The van der Waals surface area contributed by atoms with Crippen LogP contribution in [0.5, 0.6) is 0 Å². The van der Waals surface area contributed by atoms with Crippen molar-refractivity contribution in [3.63, 3.8) is 0 Å². The van der Waals surface area contributed by atoms with E-state index in [9.17, 15) is 13.2 Å². The van der Waals surface area contributed by atoms with Crippen LogP contribution in [0.25, 0.3) is 0 Å². The van der Waals surface area contributed by atoms with E-state index in [1.807, 2.05) is 0 Å². The van der Waals surface area contributed by atoms with Crippen molar-refractivity contribution in [3.05, 3.63) is 64.8 Å². The zero-order chi connectivity index (χ0) is 19.3. The van der Waals surface area contributed by atoms with Crippen LogP contribution in [-0.2, 0) is 6.18 Å². The molecule has 0 fully saturated rings. The lowest BCUT2D eigenvalue weighted by atomic mass is 10.0. The Kier molecular flexibility index (Phi) is 6.01. The Bertz CT molecular complexity index is 862. The molecule has 1 aliphatic carbocycles. The zero-order valence-corrected chi connectivity index (χ0v) is 15.1. The summed E-state index contributed by atoms with van der Waals surface area (Å²) in [6.07, 6.45) is 6.25. The summed E-state index contributed by atoms with van der Waals surface area (Å²) in [7, 11) is 0. The molecule has 142 valence electrons. The molecule has 2 N–H and O–H groups in total. The normalized spacial score (nSPS) is 14.0. The lowest BCUT2D eigenvalue weighted by molar-refractivity contribution is -0.137. The molecule has 0 amide bonds. The van der Waals surface area contributed by atoms with Crippen molar-refractivity contribution >= 4 is 29.1 Å². The second-order valence-corrected chi connectivity index (χ2v) is 6.47. The molecule has 1 heterocycles. The van der Waals surface area contributed by atoms with Gasteiger partial charge in [-0.1, -0.05) is 41.5 Å². The van der Waals surface area contributed by atoms with Crippen molar-refractivity contribution < 1.29 is 13.2 Å². The highest BCUT2D eigenvalue weighted by Crippen LogP contribution is 2.32. The highest BCUT2D eigenvalue weighted by atomic mass is 35.5. The van der Waals surface area contributed by atoms with Crippen LogP contribution in [0.2, 0.25) is 5.02 Å². The van der Waals surface area contributed by atoms with Gasteiger partial charge in [-0.3, -0.25) is 0 Å². The summed E-state index contributed by atoms with van der Waals surface area (Å²) in [6, 6.07) is 4.86. The van der Waals surface area contributed by atoms with Crippen LogP contribution < -0.4 is 10.6 Å². The van der Waals surface area contributed by atoms with Gasteiger partial charge in [0, 0.05) is 12.2 Å². The van der Waals surface area contributed by atoms with Crippen LogP contribution in [0.1, 0.15) is 24.8 Å². The Labute approximate surface area is 160 Å². The van der Waals surface area contributed by atoms with Gasteiger partial charge in [-0.15, -0.1) is 0 Å². The largest absolute Gasteiger partial charge is 0.416 e. The van der Waals surface area contributed by atoms with E-state index < -0.39 is 11.7 Å². The number of halogens is 4. The first kappa shape index (κ1) is 19.2. The molecular formula is C19H18ClF3N4. The van der Waals surface area contributed by atoms with Gasteiger partial charge < -0.3 is 10.6 Å². The number of hydrogen-bond acceptors (Lipinski definition) is 4. The van der Waals surface area contributed by atoms with E-state index in [2.05, 4.69) is 38.8 Å². The molecule has 3 rings (SSSR count). The van der Waals surface area contributed by atoms with Crippen molar-refractivity contribution in [2.24, 2.45) is 0 Å². The fraction of sp³-hybridized carbons (Fsp3) is 0.263. The van der Waals surface area contributed by atoms with E-state index in [-0.39, 0.29) is 16.5 Å². The number of benzene rings is 1. The molecular weight excluding hydrogens is 377 g/mol. The first-order valence-corrected chi connectivity index (χ1v) is 8.85. The first-order chi connectivity index (χ1) is 12.9. The van der Waals surface area contributed by atoms with Gasteiger partial charge in [0.15, 0.2) is 5.82 Å². The van der Waals surface area contributed by atoms with Crippen LogP contribution in [0.15, 0.2) is 54.3 Å². The lowest BCUT2D eigenvalue weighted by Crippen LogP contribution is -2.08. The standard InChI is InChI=1S/C19H18ClF3N4/c20-16-12-25-18(24-10-9-13-5-2-1-3-6-13)27-17(16)26-15-8-4-7-14(11-15)19(21,22)23/h1-2,4-5,7-8,11-12H,3,6,9-10H2,(H2,24,25,26,27). The Morgan fingerprint density at radius 1 is 1.22 bits per heavy atom. The maximum atomic E-state index is 12.8. The number of hydrogen-bond donors (Lipinski definition) is 2. The van der Waals surface area contributed by atoms with Gasteiger partial charge in [0.2, 0.25) is 5.95 Å². The predicted molar refractivity (Wildman–Crippen MR) is 101 cm³/mol. The molecule has 4 nitrogen and oxygen atoms in total. The summed E-state index contributed by atoms with van der Waals surface area (Å²) in [5.74, 6) is 0.606. The number of alkyl halides is 3. The van der Waals surface area contributed by atoms with Crippen molar-refractivity contribution in [1.82, 2.24) is 9.97 Å². The molecule has 1 aliphatic rings. The summed E-state index contributed by atoms with van der Waals surface area (Å²) >= 11 is 6.08. The van der Waals surface area contributed by atoms with E-state index >= 15 is 0 Å². The van der Waals surface area contributed by atoms with Gasteiger partial charge >= 0.3 is 6.18 Å². The average Bonchev–Trinajstić information content (AvgIpc) is 2.65. The highest BCUT2D eigenvalue weighted by Gasteiger charge is 2.30. The minimum absolute atomic E-state index is 0.220. The minimum atomic E-state index is -4.41. The highest BCUT2D eigenvalue weighted by molar-refractivity contribution is 6.32. The average molecular weight is 395 g/mol. The fourth-order valence-corrected chi connectivity index (χ4v) is 2.78. The molecule has 0 saturated carbocycles. The van der Waals surface area contributed by atoms with Crippen LogP contribution in [0.3, 0.4) is 0 Å². The molecule has 0 aliphatic heterocycles. The molecule has 8 heteroatoms. The molecule has 27 heavy (non-hydrogen) atoms. The SMILES string of the molecule is FC(F)(F)c1cccc(Nc2nc(NCCC3=CC=CCC3)ncc2Cl)c1. The van der Waals surface area contributed by atoms with Gasteiger partial charge in [0.05, 0.1) is 11.8 Å². The summed E-state index contributed by atoms with van der Waals surface area (Å²) in [6.45, 7) is 0.657. The van der Waals surface area contributed by atoms with Crippen molar-refractivity contribution in [1.29, 1.82) is 0 Å². The van der Waals surface area contributed by atoms with E-state index in [0.29, 0.717) is 12.5 Å². The Balaban J connectivity index is 1.66. The van der Waals surface area contributed by atoms with Crippen LogP contribution in [0.4, 0.5) is 30.6 Å². The maximum Gasteiger partial charge on any atom is 0.416 e. The Hall–Kier alpha value is -2.54. The molecule has 0 radical (unpaired) electrons. The number of anilines is 3. The molecule has 1 aromatic heterocycles. The molecule has 0 spiro atoms. The quantitative estimate of drug-likeness (QED) is 0.633. The van der Waals surface area contributed by atoms with E-state index in [0.717, 1.165) is 31.4 Å². The Morgan fingerprint density at radius 2 is 2.07 bits per heavy atom. The van der Waals surface area contributed by atoms with E-state index in [4.69, 9.17) is 11.6 Å². The van der Waals surface area contributed by atoms with E-state index in [1.54, 1.807) is 0 Å². The number of nitrogens with one attached hydrogen (secondary N) is 2. The third-order valence-corrected chi connectivity index (χ3v) is 4.30. The number of aromatic nitrogens is 2. The fourth-order valence-electron chi connectivity index (χ4n) is 2.65. The summed E-state index contributed by atoms with van der Waals surface area (Å²) in [5.41, 5.74) is 0.850. The third kappa shape index (κ3) is 5.47. The number of nitrogens with zero attached hydrogens (tertiary/aromatic N) is 2. The van der Waals surface area contributed by atoms with Gasteiger partial charge in [-0.2, -0.15) is 18.2 Å². The van der Waals surface area contributed by atoms with Crippen molar-refractivity contribution in [2.75, 3.05) is 17.2 Å². The topological polar surface area (TPSA) is 49.8 Å².